The maximum Gasteiger partial charge on any atom is 0.271 e. The van der Waals surface area contributed by atoms with E-state index in [1.807, 2.05) is 0 Å². The standard InChI is InChI=1S/C13H17N3O5S/c1-9-3-6-11(16(18)19)7-12(9)15(22(2,20)21)8-13(17)14-10-4-5-10/h3,6-7,10H,4-5,8H2,1-2H3,(H,14,17). The molecular formula is C13H17N3O5S. The van der Waals surface area contributed by atoms with Crippen LogP contribution in [-0.2, 0) is 14.8 Å². The van der Waals surface area contributed by atoms with Crippen molar-refractivity contribution in [3.63, 3.8) is 0 Å². The minimum atomic E-state index is -3.74. The molecule has 1 aliphatic rings. The van der Waals surface area contributed by atoms with Crippen LogP contribution < -0.4 is 9.62 Å². The van der Waals surface area contributed by atoms with Crippen LogP contribution in [0.2, 0.25) is 0 Å². The Hall–Kier alpha value is -2.16. The molecule has 1 fully saturated rings. The number of rotatable bonds is 6. The van der Waals surface area contributed by atoms with Gasteiger partial charge in [0.05, 0.1) is 16.9 Å². The van der Waals surface area contributed by atoms with Crippen molar-refractivity contribution in [3.8, 4) is 0 Å². The van der Waals surface area contributed by atoms with Gasteiger partial charge in [-0.3, -0.25) is 19.2 Å². The van der Waals surface area contributed by atoms with Gasteiger partial charge in [-0.25, -0.2) is 8.42 Å². The highest BCUT2D eigenvalue weighted by atomic mass is 32.2. The average molecular weight is 327 g/mol. The zero-order valence-electron chi connectivity index (χ0n) is 12.3. The number of anilines is 1. The number of hydrogen-bond donors (Lipinski definition) is 1. The predicted octanol–water partition coefficient (Wildman–Crippen LogP) is 0.948. The first kappa shape index (κ1) is 16.2. The van der Waals surface area contributed by atoms with E-state index in [9.17, 15) is 23.3 Å². The van der Waals surface area contributed by atoms with Crippen LogP contribution in [0, 0.1) is 17.0 Å². The summed E-state index contributed by atoms with van der Waals surface area (Å²) in [5, 5.41) is 13.6. The van der Waals surface area contributed by atoms with Gasteiger partial charge in [0, 0.05) is 18.2 Å². The number of aryl methyl sites for hydroxylation is 1. The van der Waals surface area contributed by atoms with Gasteiger partial charge in [-0.15, -0.1) is 0 Å². The van der Waals surface area contributed by atoms with Gasteiger partial charge < -0.3 is 5.32 Å². The van der Waals surface area contributed by atoms with Crippen molar-refractivity contribution < 1.29 is 18.1 Å². The smallest absolute Gasteiger partial charge is 0.271 e. The van der Waals surface area contributed by atoms with Crippen LogP contribution in [0.1, 0.15) is 18.4 Å². The first-order valence-electron chi connectivity index (χ1n) is 6.70. The summed E-state index contributed by atoms with van der Waals surface area (Å²) in [6.45, 7) is 1.24. The van der Waals surface area contributed by atoms with E-state index in [1.54, 1.807) is 6.92 Å². The van der Waals surface area contributed by atoms with Gasteiger partial charge >= 0.3 is 0 Å². The molecule has 0 spiro atoms. The monoisotopic (exact) mass is 327 g/mol. The van der Waals surface area contributed by atoms with E-state index >= 15 is 0 Å². The lowest BCUT2D eigenvalue weighted by molar-refractivity contribution is -0.384. The molecule has 1 aromatic carbocycles. The van der Waals surface area contributed by atoms with Crippen LogP contribution >= 0.6 is 0 Å². The molecule has 0 radical (unpaired) electrons. The Balaban J connectivity index is 2.34. The molecule has 0 atom stereocenters. The molecule has 0 saturated heterocycles. The third-order valence-corrected chi connectivity index (χ3v) is 4.43. The Kier molecular flexibility index (Phi) is 4.36. The van der Waals surface area contributed by atoms with E-state index in [4.69, 9.17) is 0 Å². The van der Waals surface area contributed by atoms with E-state index in [2.05, 4.69) is 5.32 Å². The zero-order chi connectivity index (χ0) is 16.5. The minimum Gasteiger partial charge on any atom is -0.352 e. The fraction of sp³-hybridized carbons (Fsp3) is 0.462. The first-order valence-corrected chi connectivity index (χ1v) is 8.55. The highest BCUT2D eigenvalue weighted by molar-refractivity contribution is 7.92. The fourth-order valence-corrected chi connectivity index (χ4v) is 2.90. The summed E-state index contributed by atoms with van der Waals surface area (Å²) in [6, 6.07) is 4.04. The van der Waals surface area contributed by atoms with Gasteiger partial charge in [-0.1, -0.05) is 6.07 Å². The van der Waals surface area contributed by atoms with Gasteiger partial charge in [-0.2, -0.15) is 0 Å². The summed E-state index contributed by atoms with van der Waals surface area (Å²) in [6.07, 6.45) is 2.75. The summed E-state index contributed by atoms with van der Waals surface area (Å²) >= 11 is 0. The van der Waals surface area contributed by atoms with Gasteiger partial charge in [-0.05, 0) is 25.3 Å². The second kappa shape index (κ2) is 5.91. The average Bonchev–Trinajstić information content (AvgIpc) is 3.19. The van der Waals surface area contributed by atoms with E-state index in [-0.39, 0.29) is 17.4 Å². The number of carbonyl (C=O) groups excluding carboxylic acids is 1. The normalized spacial score (nSPS) is 14.5. The topological polar surface area (TPSA) is 110 Å². The lowest BCUT2D eigenvalue weighted by Crippen LogP contribution is -2.41. The molecule has 2 rings (SSSR count). The molecule has 1 amide bonds. The van der Waals surface area contributed by atoms with Crippen LogP contribution in [0.4, 0.5) is 11.4 Å². The third kappa shape index (κ3) is 3.94. The van der Waals surface area contributed by atoms with Crippen molar-refractivity contribution in [2.45, 2.75) is 25.8 Å². The van der Waals surface area contributed by atoms with Crippen molar-refractivity contribution in [2.75, 3.05) is 17.1 Å². The first-order chi connectivity index (χ1) is 10.2. The van der Waals surface area contributed by atoms with E-state index in [0.717, 1.165) is 23.4 Å². The Labute approximate surface area is 128 Å². The predicted molar refractivity (Wildman–Crippen MR) is 81.2 cm³/mol. The quantitative estimate of drug-likeness (QED) is 0.618. The van der Waals surface area contributed by atoms with E-state index in [1.165, 1.54) is 18.2 Å². The SMILES string of the molecule is Cc1ccc([N+](=O)[O-])cc1N(CC(=O)NC1CC1)S(C)(=O)=O. The Bertz CT molecular complexity index is 712. The van der Waals surface area contributed by atoms with Gasteiger partial charge in [0.1, 0.15) is 6.54 Å². The summed E-state index contributed by atoms with van der Waals surface area (Å²) in [5.41, 5.74) is 0.453. The minimum absolute atomic E-state index is 0.111. The molecule has 1 N–H and O–H groups in total. The zero-order valence-corrected chi connectivity index (χ0v) is 13.1. The van der Waals surface area contributed by atoms with Crippen molar-refractivity contribution >= 4 is 27.3 Å². The molecule has 0 heterocycles. The number of amides is 1. The molecular weight excluding hydrogens is 310 g/mol. The lowest BCUT2D eigenvalue weighted by Gasteiger charge is -2.23. The lowest BCUT2D eigenvalue weighted by atomic mass is 10.2. The highest BCUT2D eigenvalue weighted by Gasteiger charge is 2.28. The van der Waals surface area contributed by atoms with Crippen LogP contribution in [0.5, 0.6) is 0 Å². The number of sulfonamides is 1. The third-order valence-electron chi connectivity index (χ3n) is 3.30. The number of benzene rings is 1. The second-order valence-electron chi connectivity index (χ2n) is 5.34. The van der Waals surface area contributed by atoms with Crippen molar-refractivity contribution in [1.29, 1.82) is 0 Å². The summed E-state index contributed by atoms with van der Waals surface area (Å²) < 4.78 is 24.9. The van der Waals surface area contributed by atoms with Crippen LogP contribution in [0.25, 0.3) is 0 Å². The molecule has 1 aromatic rings. The number of non-ortho nitro benzene ring substituents is 1. The Morgan fingerprint density at radius 1 is 1.45 bits per heavy atom. The van der Waals surface area contributed by atoms with Gasteiger partial charge in [0.2, 0.25) is 15.9 Å². The maximum atomic E-state index is 12.0. The number of nitrogens with zero attached hydrogens (tertiary/aromatic N) is 2. The molecule has 1 aliphatic carbocycles. The van der Waals surface area contributed by atoms with Crippen molar-refractivity contribution in [1.82, 2.24) is 5.32 Å². The number of carbonyl (C=O) groups is 1. The highest BCUT2D eigenvalue weighted by Crippen LogP contribution is 2.27. The Morgan fingerprint density at radius 3 is 2.59 bits per heavy atom. The number of nitrogens with one attached hydrogen (secondary N) is 1. The maximum absolute atomic E-state index is 12.0. The number of hydrogen-bond acceptors (Lipinski definition) is 5. The summed E-state index contributed by atoms with van der Waals surface area (Å²) in [4.78, 5) is 22.2. The molecule has 0 aromatic heterocycles. The Morgan fingerprint density at radius 2 is 2.09 bits per heavy atom. The fourth-order valence-electron chi connectivity index (χ4n) is 1.99. The molecule has 0 bridgehead atoms. The molecule has 0 aliphatic heterocycles. The van der Waals surface area contributed by atoms with Crippen molar-refractivity contribution in [3.05, 3.63) is 33.9 Å². The molecule has 0 unspecified atom stereocenters. The van der Waals surface area contributed by atoms with Gasteiger partial charge in [0.25, 0.3) is 5.69 Å². The molecule has 120 valence electrons. The second-order valence-corrected chi connectivity index (χ2v) is 7.25. The molecule has 22 heavy (non-hydrogen) atoms. The largest absolute Gasteiger partial charge is 0.352 e. The van der Waals surface area contributed by atoms with Crippen LogP contribution in [0.15, 0.2) is 18.2 Å². The van der Waals surface area contributed by atoms with Crippen LogP contribution in [-0.4, -0.2) is 38.1 Å². The number of nitro benzene ring substituents is 1. The molecule has 1 saturated carbocycles. The molecule has 9 heteroatoms. The van der Waals surface area contributed by atoms with E-state index in [0.29, 0.717) is 5.56 Å². The number of nitro groups is 1. The van der Waals surface area contributed by atoms with Gasteiger partial charge in [0.15, 0.2) is 0 Å². The summed E-state index contributed by atoms with van der Waals surface area (Å²) in [5.74, 6) is -0.418. The molecule has 8 nitrogen and oxygen atoms in total. The summed E-state index contributed by atoms with van der Waals surface area (Å²) in [7, 11) is -3.74. The van der Waals surface area contributed by atoms with Crippen molar-refractivity contribution in [2.24, 2.45) is 0 Å². The van der Waals surface area contributed by atoms with E-state index < -0.39 is 27.4 Å². The van der Waals surface area contributed by atoms with Crippen LogP contribution in [0.3, 0.4) is 0 Å².